The summed E-state index contributed by atoms with van der Waals surface area (Å²) in [5.74, 6) is 2.62. The van der Waals surface area contributed by atoms with Gasteiger partial charge in [0, 0.05) is 30.1 Å². The van der Waals surface area contributed by atoms with Crippen LogP contribution in [0.25, 0.3) is 0 Å². The summed E-state index contributed by atoms with van der Waals surface area (Å²) in [7, 11) is 0. The highest BCUT2D eigenvalue weighted by Crippen LogP contribution is 2.29. The monoisotopic (exact) mass is 294 g/mol. The summed E-state index contributed by atoms with van der Waals surface area (Å²) >= 11 is 0. The Balaban J connectivity index is 3.43. The number of aromatic nitrogens is 2. The molecule has 0 aliphatic heterocycles. The molecule has 0 unspecified atom stereocenters. The molecule has 1 heterocycles. The van der Waals surface area contributed by atoms with E-state index in [9.17, 15) is 5.11 Å². The minimum atomic E-state index is -0.117. The fraction of sp³-hybridized carbons (Fsp3) is 0.750. The summed E-state index contributed by atoms with van der Waals surface area (Å²) in [5.41, 5.74) is 0.918. The Kier molecular flexibility index (Phi) is 5.96. The van der Waals surface area contributed by atoms with Crippen LogP contribution in [0.5, 0.6) is 0 Å². The van der Waals surface area contributed by atoms with E-state index in [4.69, 9.17) is 4.98 Å². The van der Waals surface area contributed by atoms with E-state index in [0.717, 1.165) is 29.6 Å². The molecule has 0 saturated carbocycles. The maximum Gasteiger partial charge on any atom is 0.138 e. The predicted molar refractivity (Wildman–Crippen MR) is 89.2 cm³/mol. The fourth-order valence-corrected chi connectivity index (χ4v) is 2.18. The van der Waals surface area contributed by atoms with Gasteiger partial charge in [0.15, 0.2) is 0 Å². The summed E-state index contributed by atoms with van der Waals surface area (Å²) in [4.78, 5) is 11.6. The highest BCUT2D eigenvalue weighted by atomic mass is 16.3. The minimum Gasteiger partial charge on any atom is -0.395 e. The van der Waals surface area contributed by atoms with E-state index in [1.165, 1.54) is 0 Å². The molecule has 5 heteroatoms. The lowest BCUT2D eigenvalue weighted by atomic mass is 9.95. The second kappa shape index (κ2) is 7.07. The topological polar surface area (TPSA) is 61.3 Å². The maximum absolute atomic E-state index is 9.34. The average Bonchev–Trinajstić information content (AvgIpc) is 2.37. The van der Waals surface area contributed by atoms with Gasteiger partial charge >= 0.3 is 0 Å². The number of nitrogens with zero attached hydrogens (tertiary/aromatic N) is 3. The van der Waals surface area contributed by atoms with E-state index in [1.54, 1.807) is 0 Å². The van der Waals surface area contributed by atoms with Crippen molar-refractivity contribution in [2.24, 2.45) is 0 Å². The summed E-state index contributed by atoms with van der Waals surface area (Å²) in [6, 6.07) is 0.271. The van der Waals surface area contributed by atoms with Crippen molar-refractivity contribution < 1.29 is 5.11 Å². The molecule has 0 fully saturated rings. The quantitative estimate of drug-likeness (QED) is 0.844. The van der Waals surface area contributed by atoms with Crippen LogP contribution in [0.15, 0.2) is 0 Å². The third-order valence-corrected chi connectivity index (χ3v) is 3.37. The highest BCUT2D eigenvalue weighted by Gasteiger charge is 2.24. The second-order valence-electron chi connectivity index (χ2n) is 6.64. The lowest BCUT2D eigenvalue weighted by molar-refractivity contribution is 0.298. The van der Waals surface area contributed by atoms with Crippen LogP contribution in [-0.2, 0) is 5.41 Å². The average molecular weight is 294 g/mol. The predicted octanol–water partition coefficient (Wildman–Crippen LogP) is 2.72. The zero-order valence-electron chi connectivity index (χ0n) is 14.5. The van der Waals surface area contributed by atoms with E-state index in [2.05, 4.69) is 56.7 Å². The summed E-state index contributed by atoms with van der Waals surface area (Å²) in [6.07, 6.45) is 0. The summed E-state index contributed by atoms with van der Waals surface area (Å²) < 4.78 is 0. The molecule has 0 amide bonds. The molecule has 0 radical (unpaired) electrons. The first-order valence-corrected chi connectivity index (χ1v) is 7.72. The smallest absolute Gasteiger partial charge is 0.138 e. The second-order valence-corrected chi connectivity index (χ2v) is 6.64. The molecule has 0 aliphatic rings. The molecular weight excluding hydrogens is 264 g/mol. The zero-order chi connectivity index (χ0) is 16.2. The first-order valence-electron chi connectivity index (χ1n) is 7.72. The van der Waals surface area contributed by atoms with Gasteiger partial charge in [0.2, 0.25) is 0 Å². The Labute approximate surface area is 128 Å². The van der Waals surface area contributed by atoms with Gasteiger partial charge in [-0.2, -0.15) is 0 Å². The fourth-order valence-electron chi connectivity index (χ4n) is 2.18. The van der Waals surface area contributed by atoms with Crippen LogP contribution in [-0.4, -0.2) is 40.8 Å². The molecule has 21 heavy (non-hydrogen) atoms. The lowest BCUT2D eigenvalue weighted by Gasteiger charge is -2.31. The Morgan fingerprint density at radius 3 is 2.29 bits per heavy atom. The molecule has 0 saturated heterocycles. The molecule has 0 spiro atoms. The van der Waals surface area contributed by atoms with Crippen LogP contribution in [0.3, 0.4) is 0 Å². The largest absolute Gasteiger partial charge is 0.395 e. The molecule has 0 aromatic carbocycles. The number of aliphatic hydroxyl groups is 1. The number of hydrogen-bond acceptors (Lipinski definition) is 5. The molecule has 0 aliphatic carbocycles. The normalized spacial score (nSPS) is 11.9. The van der Waals surface area contributed by atoms with Crippen molar-refractivity contribution in [3.63, 3.8) is 0 Å². The van der Waals surface area contributed by atoms with E-state index in [1.807, 2.05) is 6.92 Å². The number of nitrogens with one attached hydrogen (secondary N) is 1. The van der Waals surface area contributed by atoms with Gasteiger partial charge in [0.25, 0.3) is 0 Å². The first kappa shape index (κ1) is 17.7. The van der Waals surface area contributed by atoms with Crippen LogP contribution >= 0.6 is 0 Å². The summed E-state index contributed by atoms with van der Waals surface area (Å²) in [6.45, 7) is 16.2. The van der Waals surface area contributed by atoms with Crippen molar-refractivity contribution >= 4 is 11.6 Å². The van der Waals surface area contributed by atoms with Crippen LogP contribution in [0.1, 0.15) is 52.9 Å². The van der Waals surface area contributed by atoms with Crippen molar-refractivity contribution in [1.82, 2.24) is 9.97 Å². The molecule has 0 bridgehead atoms. The van der Waals surface area contributed by atoms with Crippen LogP contribution in [0, 0.1) is 6.92 Å². The van der Waals surface area contributed by atoms with Crippen molar-refractivity contribution in [2.75, 3.05) is 29.9 Å². The van der Waals surface area contributed by atoms with E-state index in [-0.39, 0.29) is 18.1 Å². The van der Waals surface area contributed by atoms with Crippen molar-refractivity contribution in [3.8, 4) is 0 Å². The van der Waals surface area contributed by atoms with Gasteiger partial charge < -0.3 is 15.3 Å². The molecule has 1 aromatic heterocycles. The van der Waals surface area contributed by atoms with Gasteiger partial charge in [-0.3, -0.25) is 0 Å². The van der Waals surface area contributed by atoms with Gasteiger partial charge in [0.05, 0.1) is 6.61 Å². The number of anilines is 2. The van der Waals surface area contributed by atoms with Crippen molar-refractivity contribution in [3.05, 3.63) is 11.4 Å². The van der Waals surface area contributed by atoms with E-state index >= 15 is 0 Å². The van der Waals surface area contributed by atoms with Crippen LogP contribution in [0.2, 0.25) is 0 Å². The first-order chi connectivity index (χ1) is 9.72. The Bertz CT molecular complexity index is 466. The standard InChI is InChI=1S/C16H30N4O/c1-8-17-13-12(4)14(20(9-10-21)11(2)3)19-15(18-13)16(5,6)7/h11,21H,8-10H2,1-7H3,(H,17,18,19). The van der Waals surface area contributed by atoms with Crippen LogP contribution < -0.4 is 10.2 Å². The minimum absolute atomic E-state index is 0.114. The molecule has 1 rings (SSSR count). The Morgan fingerprint density at radius 2 is 1.86 bits per heavy atom. The zero-order valence-corrected chi connectivity index (χ0v) is 14.5. The molecule has 2 N–H and O–H groups in total. The number of hydrogen-bond donors (Lipinski definition) is 2. The van der Waals surface area contributed by atoms with Crippen molar-refractivity contribution in [1.29, 1.82) is 0 Å². The highest BCUT2D eigenvalue weighted by molar-refractivity contribution is 5.59. The molecule has 1 aromatic rings. The number of aliphatic hydroxyl groups excluding tert-OH is 1. The molecular formula is C16H30N4O. The Morgan fingerprint density at radius 1 is 1.24 bits per heavy atom. The third kappa shape index (κ3) is 4.30. The number of rotatable bonds is 6. The lowest BCUT2D eigenvalue weighted by Crippen LogP contribution is -2.36. The molecule has 0 atom stereocenters. The molecule has 120 valence electrons. The van der Waals surface area contributed by atoms with E-state index < -0.39 is 0 Å². The van der Waals surface area contributed by atoms with Gasteiger partial charge in [-0.1, -0.05) is 20.8 Å². The van der Waals surface area contributed by atoms with Gasteiger partial charge in [-0.25, -0.2) is 9.97 Å². The third-order valence-electron chi connectivity index (χ3n) is 3.37. The maximum atomic E-state index is 9.34. The van der Waals surface area contributed by atoms with E-state index in [0.29, 0.717) is 6.54 Å². The van der Waals surface area contributed by atoms with Crippen LogP contribution in [0.4, 0.5) is 11.6 Å². The van der Waals surface area contributed by atoms with Gasteiger partial charge in [0.1, 0.15) is 17.5 Å². The molecule has 5 nitrogen and oxygen atoms in total. The van der Waals surface area contributed by atoms with Crippen molar-refractivity contribution in [2.45, 2.75) is 59.9 Å². The van der Waals surface area contributed by atoms with Gasteiger partial charge in [-0.15, -0.1) is 0 Å². The SMILES string of the molecule is CCNc1nc(C(C)(C)C)nc(N(CCO)C(C)C)c1C. The summed E-state index contributed by atoms with van der Waals surface area (Å²) in [5, 5.41) is 12.7. The Hall–Kier alpha value is -1.36. The van der Waals surface area contributed by atoms with Gasteiger partial charge in [-0.05, 0) is 27.7 Å².